The number of nitrogens with one attached hydrogen (secondary N) is 2. The first kappa shape index (κ1) is 18.8. The van der Waals surface area contributed by atoms with Crippen LogP contribution in [0.1, 0.15) is 38.2 Å². The predicted molar refractivity (Wildman–Crippen MR) is 98.2 cm³/mol. The molecule has 0 saturated carbocycles. The number of rotatable bonds is 5. The first-order valence-corrected chi connectivity index (χ1v) is 10.5. The average Bonchev–Trinajstić information content (AvgIpc) is 2.61. The van der Waals surface area contributed by atoms with E-state index < -0.39 is 10.0 Å². The van der Waals surface area contributed by atoms with Crippen LogP contribution in [0.5, 0.6) is 0 Å². The number of fused-ring (bicyclic) bond motifs is 1. The zero-order valence-electron chi connectivity index (χ0n) is 15.0. The van der Waals surface area contributed by atoms with Crippen LogP contribution in [0, 0.1) is 5.92 Å². The molecule has 142 valence electrons. The molecular formula is C18H25N3O4S. The third-order valence-corrected chi connectivity index (χ3v) is 6.51. The van der Waals surface area contributed by atoms with Crippen molar-refractivity contribution in [3.63, 3.8) is 0 Å². The number of sulfonamides is 1. The van der Waals surface area contributed by atoms with E-state index >= 15 is 0 Å². The van der Waals surface area contributed by atoms with Gasteiger partial charge in [-0.1, -0.05) is 6.92 Å². The predicted octanol–water partition coefficient (Wildman–Crippen LogP) is 1.50. The van der Waals surface area contributed by atoms with Crippen molar-refractivity contribution in [3.05, 3.63) is 23.8 Å². The lowest BCUT2D eigenvalue weighted by Gasteiger charge is -2.30. The molecular weight excluding hydrogens is 354 g/mol. The summed E-state index contributed by atoms with van der Waals surface area (Å²) in [6, 6.07) is 4.67. The lowest BCUT2D eigenvalue weighted by Crippen LogP contribution is -2.39. The van der Waals surface area contributed by atoms with E-state index in [4.69, 9.17) is 0 Å². The normalized spacial score (nSPS) is 18.3. The number of carbonyl (C=O) groups is 2. The highest BCUT2D eigenvalue weighted by Crippen LogP contribution is 2.25. The van der Waals surface area contributed by atoms with Gasteiger partial charge in [-0.15, -0.1) is 0 Å². The fourth-order valence-corrected chi connectivity index (χ4v) is 4.40. The lowest BCUT2D eigenvalue weighted by molar-refractivity contribution is -0.132. The number of carbonyl (C=O) groups excluding carboxylic acids is 2. The summed E-state index contributed by atoms with van der Waals surface area (Å²) in [7, 11) is -3.68. The largest absolute Gasteiger partial charge is 0.343 e. The van der Waals surface area contributed by atoms with Gasteiger partial charge < -0.3 is 10.2 Å². The maximum Gasteiger partial charge on any atom is 0.240 e. The smallest absolute Gasteiger partial charge is 0.240 e. The summed E-state index contributed by atoms with van der Waals surface area (Å²) in [5.41, 5.74) is 1.47. The first-order valence-electron chi connectivity index (χ1n) is 9.05. The second-order valence-corrected chi connectivity index (χ2v) is 8.85. The summed E-state index contributed by atoms with van der Waals surface area (Å²) in [6.07, 6.45) is 3.05. The van der Waals surface area contributed by atoms with E-state index in [2.05, 4.69) is 17.0 Å². The van der Waals surface area contributed by atoms with Crippen LogP contribution in [0.15, 0.2) is 23.1 Å². The highest BCUT2D eigenvalue weighted by molar-refractivity contribution is 7.89. The highest BCUT2D eigenvalue weighted by atomic mass is 32.2. The molecule has 0 spiro atoms. The number of anilines is 1. The molecule has 0 aliphatic carbocycles. The van der Waals surface area contributed by atoms with Crippen molar-refractivity contribution in [1.29, 1.82) is 0 Å². The fraction of sp³-hybridized carbons (Fsp3) is 0.556. The van der Waals surface area contributed by atoms with Crippen LogP contribution in [-0.4, -0.2) is 44.8 Å². The van der Waals surface area contributed by atoms with Crippen molar-refractivity contribution in [2.24, 2.45) is 5.92 Å². The molecule has 1 fully saturated rings. The van der Waals surface area contributed by atoms with E-state index in [0.717, 1.165) is 31.5 Å². The number of hydrogen-bond acceptors (Lipinski definition) is 4. The summed E-state index contributed by atoms with van der Waals surface area (Å²) >= 11 is 0. The summed E-state index contributed by atoms with van der Waals surface area (Å²) in [4.78, 5) is 25.6. The van der Waals surface area contributed by atoms with E-state index in [9.17, 15) is 18.0 Å². The number of amides is 2. The maximum absolute atomic E-state index is 12.5. The molecule has 0 atom stereocenters. The van der Waals surface area contributed by atoms with Crippen LogP contribution < -0.4 is 10.0 Å². The zero-order valence-corrected chi connectivity index (χ0v) is 15.8. The summed E-state index contributed by atoms with van der Waals surface area (Å²) < 4.78 is 27.4. The standard InChI is InChI=1S/C18H25N3O4S/c1-13-7-10-21(11-8-13)18(23)6-9-19-26(24,25)15-3-4-16-14(12-15)2-5-17(22)20-16/h3-4,12-13,19H,2,5-11H2,1H3,(H,20,22). The van der Waals surface area contributed by atoms with E-state index in [1.54, 1.807) is 12.1 Å². The number of nitrogens with zero attached hydrogens (tertiary/aromatic N) is 1. The molecule has 0 aromatic heterocycles. The van der Waals surface area contributed by atoms with Gasteiger partial charge in [0.25, 0.3) is 0 Å². The van der Waals surface area contributed by atoms with Gasteiger partial charge in [0, 0.05) is 38.2 Å². The van der Waals surface area contributed by atoms with Crippen molar-refractivity contribution in [2.45, 2.75) is 43.9 Å². The fourth-order valence-electron chi connectivity index (χ4n) is 3.32. The molecule has 2 heterocycles. The maximum atomic E-state index is 12.5. The Morgan fingerprint density at radius 2 is 2.00 bits per heavy atom. The molecule has 0 unspecified atom stereocenters. The third kappa shape index (κ3) is 4.42. The van der Waals surface area contributed by atoms with Gasteiger partial charge in [0.1, 0.15) is 0 Å². The summed E-state index contributed by atoms with van der Waals surface area (Å²) in [5.74, 6) is 0.580. The number of aryl methyl sites for hydroxylation is 1. The average molecular weight is 379 g/mol. The van der Waals surface area contributed by atoms with Crippen molar-refractivity contribution >= 4 is 27.5 Å². The number of piperidine rings is 1. The topological polar surface area (TPSA) is 95.6 Å². The van der Waals surface area contributed by atoms with Gasteiger partial charge in [0.2, 0.25) is 21.8 Å². The molecule has 2 aliphatic heterocycles. The van der Waals surface area contributed by atoms with Crippen molar-refractivity contribution < 1.29 is 18.0 Å². The Labute approximate surface area is 154 Å². The van der Waals surface area contributed by atoms with Crippen molar-refractivity contribution in [3.8, 4) is 0 Å². The molecule has 0 radical (unpaired) electrons. The van der Waals surface area contributed by atoms with Gasteiger partial charge in [0.05, 0.1) is 4.90 Å². The number of likely N-dealkylation sites (tertiary alicyclic amines) is 1. The van der Waals surface area contributed by atoms with Gasteiger partial charge in [0.15, 0.2) is 0 Å². The SMILES string of the molecule is CC1CCN(C(=O)CCNS(=O)(=O)c2ccc3c(c2)CCC(=O)N3)CC1. The van der Waals surface area contributed by atoms with Gasteiger partial charge in [-0.05, 0) is 48.9 Å². The molecule has 3 rings (SSSR count). The molecule has 0 bridgehead atoms. The summed E-state index contributed by atoms with van der Waals surface area (Å²) in [6.45, 7) is 3.77. The number of hydrogen-bond donors (Lipinski definition) is 2. The molecule has 1 aromatic carbocycles. The second kappa shape index (κ2) is 7.75. The first-order chi connectivity index (χ1) is 12.3. The Morgan fingerprint density at radius 3 is 2.73 bits per heavy atom. The molecule has 26 heavy (non-hydrogen) atoms. The Bertz CT molecular complexity index is 799. The zero-order chi connectivity index (χ0) is 18.7. The minimum absolute atomic E-state index is 0.00671. The quantitative estimate of drug-likeness (QED) is 0.810. The summed E-state index contributed by atoms with van der Waals surface area (Å²) in [5, 5.41) is 2.73. The Kier molecular flexibility index (Phi) is 5.62. The molecule has 2 aliphatic rings. The molecule has 1 saturated heterocycles. The van der Waals surface area contributed by atoms with Gasteiger partial charge >= 0.3 is 0 Å². The lowest BCUT2D eigenvalue weighted by atomic mass is 9.99. The van der Waals surface area contributed by atoms with Crippen LogP contribution in [0.4, 0.5) is 5.69 Å². The molecule has 7 nitrogen and oxygen atoms in total. The van der Waals surface area contributed by atoms with Crippen LogP contribution in [-0.2, 0) is 26.0 Å². The van der Waals surface area contributed by atoms with Crippen LogP contribution in [0.3, 0.4) is 0 Å². The Balaban J connectivity index is 1.56. The van der Waals surface area contributed by atoms with E-state index in [-0.39, 0.29) is 29.7 Å². The second-order valence-electron chi connectivity index (χ2n) is 7.08. The van der Waals surface area contributed by atoms with Gasteiger partial charge in [-0.3, -0.25) is 9.59 Å². The third-order valence-electron chi connectivity index (χ3n) is 5.05. The monoisotopic (exact) mass is 379 g/mol. The highest BCUT2D eigenvalue weighted by Gasteiger charge is 2.22. The van der Waals surface area contributed by atoms with E-state index in [1.807, 2.05) is 4.90 Å². The van der Waals surface area contributed by atoms with Crippen molar-refractivity contribution in [1.82, 2.24) is 9.62 Å². The van der Waals surface area contributed by atoms with Crippen LogP contribution in [0.25, 0.3) is 0 Å². The van der Waals surface area contributed by atoms with Crippen molar-refractivity contribution in [2.75, 3.05) is 25.0 Å². The molecule has 2 N–H and O–H groups in total. The minimum Gasteiger partial charge on any atom is -0.343 e. The molecule has 2 amide bonds. The Hall–Kier alpha value is -1.93. The van der Waals surface area contributed by atoms with E-state index in [1.165, 1.54) is 6.07 Å². The van der Waals surface area contributed by atoms with Gasteiger partial charge in [-0.25, -0.2) is 13.1 Å². The minimum atomic E-state index is -3.68. The number of benzene rings is 1. The molecule has 8 heteroatoms. The van der Waals surface area contributed by atoms with Crippen LogP contribution in [0.2, 0.25) is 0 Å². The van der Waals surface area contributed by atoms with Gasteiger partial charge in [-0.2, -0.15) is 0 Å². The van der Waals surface area contributed by atoms with E-state index in [0.29, 0.717) is 24.4 Å². The molecule has 1 aromatic rings. The van der Waals surface area contributed by atoms with Crippen LogP contribution >= 0.6 is 0 Å². The Morgan fingerprint density at radius 1 is 1.27 bits per heavy atom.